The smallest absolute Gasteiger partial charge is 0.325 e. The Morgan fingerprint density at radius 3 is 2.23 bits per heavy atom. The Hall–Kier alpha value is -4.11. The van der Waals surface area contributed by atoms with Gasteiger partial charge in [-0.05, 0) is 62.2 Å². The van der Waals surface area contributed by atoms with Gasteiger partial charge in [-0.2, -0.15) is 0 Å². The van der Waals surface area contributed by atoms with Crippen LogP contribution >= 0.6 is 11.3 Å². The van der Waals surface area contributed by atoms with Crippen molar-refractivity contribution in [3.63, 3.8) is 0 Å². The summed E-state index contributed by atoms with van der Waals surface area (Å²) in [5.41, 5.74) is 5.75. The molecule has 180 valence electrons. The van der Waals surface area contributed by atoms with E-state index in [-0.39, 0.29) is 5.91 Å². The maximum Gasteiger partial charge on any atom is 0.325 e. The second-order valence-corrected chi connectivity index (χ2v) is 9.11. The summed E-state index contributed by atoms with van der Waals surface area (Å²) in [5, 5.41) is 8.92. The lowest BCUT2D eigenvalue weighted by molar-refractivity contribution is 0.102. The van der Waals surface area contributed by atoms with Gasteiger partial charge in [0.2, 0.25) is 0 Å². The van der Waals surface area contributed by atoms with Crippen LogP contribution in [0.3, 0.4) is 0 Å². The highest BCUT2D eigenvalue weighted by molar-refractivity contribution is 7.22. The van der Waals surface area contributed by atoms with Crippen LogP contribution in [0, 0.1) is 20.8 Å². The Labute approximate surface area is 207 Å². The van der Waals surface area contributed by atoms with E-state index in [0.717, 1.165) is 27.1 Å². The van der Waals surface area contributed by atoms with Crippen molar-refractivity contribution in [2.45, 2.75) is 20.8 Å². The number of carbonyl (C=O) groups is 2. The normalized spacial score (nSPS) is 10.7. The molecule has 0 bridgehead atoms. The fourth-order valence-corrected chi connectivity index (χ4v) is 4.76. The lowest BCUT2D eigenvalue weighted by atomic mass is 10.0. The second kappa shape index (κ2) is 10.0. The maximum absolute atomic E-state index is 12.9. The van der Waals surface area contributed by atoms with E-state index in [0.29, 0.717) is 33.4 Å². The summed E-state index contributed by atoms with van der Waals surface area (Å²) in [6, 6.07) is 14.0. The third kappa shape index (κ3) is 5.36. The maximum atomic E-state index is 12.9. The van der Waals surface area contributed by atoms with Crippen molar-refractivity contribution < 1.29 is 19.1 Å². The number of urea groups is 1. The van der Waals surface area contributed by atoms with Crippen LogP contribution in [-0.4, -0.2) is 31.1 Å². The van der Waals surface area contributed by atoms with Crippen LogP contribution in [0.5, 0.6) is 11.5 Å². The molecule has 8 nitrogen and oxygen atoms in total. The minimum absolute atomic E-state index is 0.198. The predicted molar refractivity (Wildman–Crippen MR) is 140 cm³/mol. The first kappa shape index (κ1) is 24.0. The molecule has 1 heterocycles. The van der Waals surface area contributed by atoms with Gasteiger partial charge in [0.1, 0.15) is 0 Å². The zero-order valence-electron chi connectivity index (χ0n) is 20.1. The standard InChI is InChI=1S/C26H26N4O4S/c1-14-10-15(2)23(16(3)11-14)29-24(31)17-6-8-19-22(12-17)35-26(28-19)30-25(32)27-18-7-9-20(33-4)21(13-18)34-5/h6-13H,1-5H3,(H,29,31)(H2,27,28,30,32). The molecule has 0 unspecified atom stereocenters. The highest BCUT2D eigenvalue weighted by Crippen LogP contribution is 2.31. The van der Waals surface area contributed by atoms with E-state index in [1.165, 1.54) is 18.4 Å². The van der Waals surface area contributed by atoms with Crippen molar-refractivity contribution in [2.75, 3.05) is 30.2 Å². The number of anilines is 3. The molecule has 0 saturated heterocycles. The molecule has 3 N–H and O–H groups in total. The number of hydrogen-bond acceptors (Lipinski definition) is 6. The van der Waals surface area contributed by atoms with Crippen LogP contribution in [0.2, 0.25) is 0 Å². The van der Waals surface area contributed by atoms with Crippen molar-refractivity contribution in [1.29, 1.82) is 0 Å². The van der Waals surface area contributed by atoms with Crippen molar-refractivity contribution in [2.24, 2.45) is 0 Å². The molecule has 35 heavy (non-hydrogen) atoms. The van der Waals surface area contributed by atoms with Crippen molar-refractivity contribution in [3.8, 4) is 11.5 Å². The Bertz CT molecular complexity index is 1410. The highest BCUT2D eigenvalue weighted by atomic mass is 32.1. The highest BCUT2D eigenvalue weighted by Gasteiger charge is 2.14. The first-order valence-electron chi connectivity index (χ1n) is 10.9. The number of nitrogens with zero attached hydrogens (tertiary/aromatic N) is 1. The number of nitrogens with one attached hydrogen (secondary N) is 3. The Balaban J connectivity index is 1.47. The number of methoxy groups -OCH3 is 2. The summed E-state index contributed by atoms with van der Waals surface area (Å²) in [6.07, 6.45) is 0. The summed E-state index contributed by atoms with van der Waals surface area (Å²) in [4.78, 5) is 29.8. The number of carbonyl (C=O) groups excluding carboxylic acids is 2. The van der Waals surface area contributed by atoms with E-state index in [1.54, 1.807) is 43.5 Å². The molecular weight excluding hydrogens is 464 g/mol. The number of aromatic nitrogens is 1. The molecule has 0 aliphatic carbocycles. The van der Waals surface area contributed by atoms with Crippen LogP contribution in [0.1, 0.15) is 27.0 Å². The third-order valence-electron chi connectivity index (χ3n) is 5.43. The molecule has 9 heteroatoms. The summed E-state index contributed by atoms with van der Waals surface area (Å²) in [5.74, 6) is 0.875. The molecule has 0 saturated carbocycles. The number of fused-ring (bicyclic) bond motifs is 1. The Kier molecular flexibility index (Phi) is 6.88. The minimum Gasteiger partial charge on any atom is -0.493 e. The van der Waals surface area contributed by atoms with E-state index in [4.69, 9.17) is 9.47 Å². The van der Waals surface area contributed by atoms with E-state index >= 15 is 0 Å². The largest absolute Gasteiger partial charge is 0.493 e. The minimum atomic E-state index is -0.445. The van der Waals surface area contributed by atoms with Gasteiger partial charge in [0.25, 0.3) is 5.91 Å². The summed E-state index contributed by atoms with van der Waals surface area (Å²) < 4.78 is 11.3. The van der Waals surface area contributed by atoms with Crippen LogP contribution in [0.4, 0.5) is 21.3 Å². The van der Waals surface area contributed by atoms with Gasteiger partial charge >= 0.3 is 6.03 Å². The molecule has 0 fully saturated rings. The zero-order valence-corrected chi connectivity index (χ0v) is 20.9. The second-order valence-electron chi connectivity index (χ2n) is 8.08. The molecular formula is C26H26N4O4S. The van der Waals surface area contributed by atoms with Gasteiger partial charge in [-0.15, -0.1) is 0 Å². The molecule has 3 aromatic carbocycles. The Morgan fingerprint density at radius 2 is 1.54 bits per heavy atom. The quantitative estimate of drug-likeness (QED) is 0.302. The molecule has 3 amide bonds. The molecule has 0 spiro atoms. The number of amides is 3. The van der Waals surface area contributed by atoms with Crippen LogP contribution in [0.25, 0.3) is 10.2 Å². The van der Waals surface area contributed by atoms with Gasteiger partial charge in [-0.1, -0.05) is 29.0 Å². The van der Waals surface area contributed by atoms with Crippen molar-refractivity contribution >= 4 is 50.0 Å². The molecule has 0 aliphatic rings. The van der Waals surface area contributed by atoms with Gasteiger partial charge < -0.3 is 20.1 Å². The van der Waals surface area contributed by atoms with Crippen LogP contribution < -0.4 is 25.4 Å². The fourth-order valence-electron chi connectivity index (χ4n) is 3.86. The average Bonchev–Trinajstić information content (AvgIpc) is 3.22. The summed E-state index contributed by atoms with van der Waals surface area (Å²) in [7, 11) is 3.07. The van der Waals surface area contributed by atoms with Gasteiger partial charge in [0, 0.05) is 23.0 Å². The van der Waals surface area contributed by atoms with Crippen LogP contribution in [0.15, 0.2) is 48.5 Å². The number of benzene rings is 3. The van der Waals surface area contributed by atoms with Gasteiger partial charge in [-0.3, -0.25) is 10.1 Å². The van der Waals surface area contributed by atoms with Crippen molar-refractivity contribution in [3.05, 3.63) is 70.8 Å². The first-order chi connectivity index (χ1) is 16.8. The zero-order chi connectivity index (χ0) is 25.1. The topological polar surface area (TPSA) is 102 Å². The van der Waals surface area contributed by atoms with Gasteiger partial charge in [0.05, 0.1) is 24.4 Å². The molecule has 4 aromatic rings. The van der Waals surface area contributed by atoms with Crippen molar-refractivity contribution in [1.82, 2.24) is 4.98 Å². The van der Waals surface area contributed by atoms with Gasteiger partial charge in [0.15, 0.2) is 16.6 Å². The summed E-state index contributed by atoms with van der Waals surface area (Å²) in [6.45, 7) is 5.99. The summed E-state index contributed by atoms with van der Waals surface area (Å²) >= 11 is 1.29. The number of thiazole rings is 1. The van der Waals surface area contributed by atoms with E-state index < -0.39 is 6.03 Å². The predicted octanol–water partition coefficient (Wildman–Crippen LogP) is 6.14. The average molecular weight is 491 g/mol. The first-order valence-corrected chi connectivity index (χ1v) is 11.7. The number of aryl methyl sites for hydroxylation is 3. The molecule has 0 aliphatic heterocycles. The van der Waals surface area contributed by atoms with E-state index in [2.05, 4.69) is 20.9 Å². The SMILES string of the molecule is COc1ccc(NC(=O)Nc2nc3ccc(C(=O)Nc4c(C)cc(C)cc4C)cc3s2)cc1OC. The number of rotatable bonds is 6. The molecule has 0 atom stereocenters. The molecule has 4 rings (SSSR count). The molecule has 1 aromatic heterocycles. The Morgan fingerprint density at radius 1 is 0.829 bits per heavy atom. The fraction of sp³-hybridized carbons (Fsp3) is 0.192. The molecule has 0 radical (unpaired) electrons. The van der Waals surface area contributed by atoms with E-state index in [1.807, 2.05) is 32.9 Å². The van der Waals surface area contributed by atoms with E-state index in [9.17, 15) is 9.59 Å². The van der Waals surface area contributed by atoms with Crippen LogP contribution in [-0.2, 0) is 0 Å². The third-order valence-corrected chi connectivity index (χ3v) is 6.36. The van der Waals surface area contributed by atoms with Gasteiger partial charge in [-0.25, -0.2) is 9.78 Å². The number of hydrogen-bond donors (Lipinski definition) is 3. The number of ether oxygens (including phenoxy) is 2. The monoisotopic (exact) mass is 490 g/mol. The lowest BCUT2D eigenvalue weighted by Gasteiger charge is -2.12. The lowest BCUT2D eigenvalue weighted by Crippen LogP contribution is -2.19.